The van der Waals surface area contributed by atoms with Gasteiger partial charge in [-0.15, -0.1) is 10.2 Å². The smallest absolute Gasteiger partial charge is 0.146 e. The van der Waals surface area contributed by atoms with Crippen LogP contribution in [0.2, 0.25) is 0 Å². The molecule has 0 fully saturated rings. The van der Waals surface area contributed by atoms with Crippen molar-refractivity contribution in [2.75, 3.05) is 0 Å². The first-order valence-electron chi connectivity index (χ1n) is 7.01. The summed E-state index contributed by atoms with van der Waals surface area (Å²) in [5.41, 5.74) is 2.48. The summed E-state index contributed by atoms with van der Waals surface area (Å²) in [4.78, 5) is 0. The van der Waals surface area contributed by atoms with Gasteiger partial charge in [0, 0.05) is 7.05 Å². The number of hydrogen-bond donors (Lipinski definition) is 1. The van der Waals surface area contributed by atoms with Crippen LogP contribution in [0.25, 0.3) is 0 Å². The molecule has 0 radical (unpaired) electrons. The SMILES string of the molecule is Cn1cnnc1CNC(c1ccccc1)c1ccccc1. The molecule has 0 saturated heterocycles. The molecule has 0 spiro atoms. The minimum absolute atomic E-state index is 0.143. The van der Waals surface area contributed by atoms with E-state index in [1.165, 1.54) is 11.1 Å². The molecular weight excluding hydrogens is 260 g/mol. The van der Waals surface area contributed by atoms with Crippen molar-refractivity contribution in [3.63, 3.8) is 0 Å². The number of aryl methyl sites for hydroxylation is 1. The van der Waals surface area contributed by atoms with Gasteiger partial charge in [0.25, 0.3) is 0 Å². The van der Waals surface area contributed by atoms with Gasteiger partial charge in [0.05, 0.1) is 12.6 Å². The molecule has 2 aromatic carbocycles. The summed E-state index contributed by atoms with van der Waals surface area (Å²) in [5.74, 6) is 0.923. The average molecular weight is 278 g/mol. The second-order valence-electron chi connectivity index (χ2n) is 4.99. The lowest BCUT2D eigenvalue weighted by atomic mass is 9.99. The predicted molar refractivity (Wildman–Crippen MR) is 82.6 cm³/mol. The van der Waals surface area contributed by atoms with E-state index in [2.05, 4.69) is 64.0 Å². The van der Waals surface area contributed by atoms with Gasteiger partial charge in [-0.05, 0) is 11.1 Å². The topological polar surface area (TPSA) is 42.7 Å². The van der Waals surface area contributed by atoms with Gasteiger partial charge in [-0.1, -0.05) is 60.7 Å². The van der Waals surface area contributed by atoms with Gasteiger partial charge in [0.1, 0.15) is 12.2 Å². The zero-order chi connectivity index (χ0) is 14.5. The summed E-state index contributed by atoms with van der Waals surface area (Å²) in [6, 6.07) is 21.0. The Hall–Kier alpha value is -2.46. The lowest BCUT2D eigenvalue weighted by Crippen LogP contribution is -2.23. The van der Waals surface area contributed by atoms with Crippen molar-refractivity contribution in [2.24, 2.45) is 7.05 Å². The van der Waals surface area contributed by atoms with Crippen LogP contribution in [0.3, 0.4) is 0 Å². The normalized spacial score (nSPS) is 11.0. The van der Waals surface area contributed by atoms with Crippen LogP contribution in [0.4, 0.5) is 0 Å². The highest BCUT2D eigenvalue weighted by Gasteiger charge is 2.14. The molecule has 0 unspecified atom stereocenters. The summed E-state index contributed by atoms with van der Waals surface area (Å²) < 4.78 is 1.93. The van der Waals surface area contributed by atoms with Crippen molar-refractivity contribution >= 4 is 0 Å². The second-order valence-corrected chi connectivity index (χ2v) is 4.99. The number of aromatic nitrogens is 3. The number of nitrogens with zero attached hydrogens (tertiary/aromatic N) is 3. The zero-order valence-corrected chi connectivity index (χ0v) is 12.0. The third kappa shape index (κ3) is 3.17. The molecule has 0 bridgehead atoms. The Morgan fingerprint density at radius 3 is 2.00 bits per heavy atom. The van der Waals surface area contributed by atoms with Gasteiger partial charge in [-0.25, -0.2) is 0 Å². The molecule has 0 saturated carbocycles. The van der Waals surface area contributed by atoms with Crippen molar-refractivity contribution in [3.05, 3.63) is 83.9 Å². The zero-order valence-electron chi connectivity index (χ0n) is 12.0. The number of benzene rings is 2. The van der Waals surface area contributed by atoms with Crippen LogP contribution in [0.1, 0.15) is 23.0 Å². The lowest BCUT2D eigenvalue weighted by molar-refractivity contribution is 0.573. The fourth-order valence-corrected chi connectivity index (χ4v) is 2.38. The Bertz CT molecular complexity index is 637. The number of rotatable bonds is 5. The fourth-order valence-electron chi connectivity index (χ4n) is 2.38. The molecule has 3 aromatic rings. The molecule has 3 rings (SSSR count). The molecule has 1 heterocycles. The molecule has 21 heavy (non-hydrogen) atoms. The van der Waals surface area contributed by atoms with Crippen LogP contribution < -0.4 is 5.32 Å². The predicted octanol–water partition coefficient (Wildman–Crippen LogP) is 2.69. The summed E-state index contributed by atoms with van der Waals surface area (Å²) >= 11 is 0. The first-order valence-corrected chi connectivity index (χ1v) is 7.01. The number of hydrogen-bond acceptors (Lipinski definition) is 3. The van der Waals surface area contributed by atoms with Crippen molar-refractivity contribution < 1.29 is 0 Å². The molecule has 0 amide bonds. The number of nitrogens with one attached hydrogen (secondary N) is 1. The molecule has 106 valence electrons. The van der Waals surface area contributed by atoms with Crippen LogP contribution in [0, 0.1) is 0 Å². The summed E-state index contributed by atoms with van der Waals surface area (Å²) in [6.07, 6.45) is 1.72. The first-order chi connectivity index (χ1) is 10.3. The van der Waals surface area contributed by atoms with E-state index >= 15 is 0 Å². The third-order valence-corrected chi connectivity index (χ3v) is 3.54. The van der Waals surface area contributed by atoms with Crippen molar-refractivity contribution in [2.45, 2.75) is 12.6 Å². The van der Waals surface area contributed by atoms with Crippen LogP contribution in [0.5, 0.6) is 0 Å². The molecule has 1 aromatic heterocycles. The Kier molecular flexibility index (Phi) is 4.07. The lowest BCUT2D eigenvalue weighted by Gasteiger charge is -2.19. The molecular formula is C17H18N4. The van der Waals surface area contributed by atoms with E-state index in [9.17, 15) is 0 Å². The Labute approximate surface area is 124 Å². The molecule has 0 aliphatic rings. The Morgan fingerprint density at radius 1 is 0.952 bits per heavy atom. The Morgan fingerprint density at radius 2 is 1.52 bits per heavy atom. The minimum atomic E-state index is 0.143. The standard InChI is InChI=1S/C17H18N4/c1-21-13-19-20-16(21)12-18-17(14-8-4-2-5-9-14)15-10-6-3-7-11-15/h2-11,13,17-18H,12H2,1H3. The van der Waals surface area contributed by atoms with E-state index in [1.54, 1.807) is 6.33 Å². The van der Waals surface area contributed by atoms with E-state index in [-0.39, 0.29) is 6.04 Å². The fraction of sp³-hybridized carbons (Fsp3) is 0.176. The summed E-state index contributed by atoms with van der Waals surface area (Å²) in [5, 5.41) is 11.6. The van der Waals surface area contributed by atoms with E-state index < -0.39 is 0 Å². The maximum absolute atomic E-state index is 4.13. The maximum Gasteiger partial charge on any atom is 0.146 e. The highest BCUT2D eigenvalue weighted by molar-refractivity contribution is 5.31. The summed E-state index contributed by atoms with van der Waals surface area (Å²) in [6.45, 7) is 0.672. The quantitative estimate of drug-likeness (QED) is 0.780. The molecule has 0 aliphatic heterocycles. The van der Waals surface area contributed by atoms with Gasteiger partial charge in [0.15, 0.2) is 0 Å². The second kappa shape index (κ2) is 6.33. The average Bonchev–Trinajstić information content (AvgIpc) is 2.95. The molecule has 0 atom stereocenters. The van der Waals surface area contributed by atoms with E-state index in [4.69, 9.17) is 0 Å². The van der Waals surface area contributed by atoms with Gasteiger partial charge in [0.2, 0.25) is 0 Å². The van der Waals surface area contributed by atoms with Crippen molar-refractivity contribution in [1.29, 1.82) is 0 Å². The van der Waals surface area contributed by atoms with Gasteiger partial charge in [-0.2, -0.15) is 0 Å². The molecule has 0 aliphatic carbocycles. The largest absolute Gasteiger partial charge is 0.320 e. The molecule has 4 heteroatoms. The Balaban J connectivity index is 1.85. The van der Waals surface area contributed by atoms with Crippen molar-refractivity contribution in [3.8, 4) is 0 Å². The van der Waals surface area contributed by atoms with Gasteiger partial charge >= 0.3 is 0 Å². The van der Waals surface area contributed by atoms with Crippen molar-refractivity contribution in [1.82, 2.24) is 20.1 Å². The highest BCUT2D eigenvalue weighted by atomic mass is 15.3. The summed E-state index contributed by atoms with van der Waals surface area (Å²) in [7, 11) is 1.96. The van der Waals surface area contributed by atoms with E-state index in [1.807, 2.05) is 23.7 Å². The van der Waals surface area contributed by atoms with E-state index in [0.717, 1.165) is 5.82 Å². The monoisotopic (exact) mass is 278 g/mol. The highest BCUT2D eigenvalue weighted by Crippen LogP contribution is 2.21. The minimum Gasteiger partial charge on any atom is -0.320 e. The van der Waals surface area contributed by atoms with Gasteiger partial charge in [-0.3, -0.25) is 5.32 Å². The molecule has 4 nitrogen and oxygen atoms in total. The first kappa shape index (κ1) is 13.5. The van der Waals surface area contributed by atoms with Crippen LogP contribution in [-0.4, -0.2) is 14.8 Å². The van der Waals surface area contributed by atoms with Crippen LogP contribution in [0.15, 0.2) is 67.0 Å². The third-order valence-electron chi connectivity index (χ3n) is 3.54. The maximum atomic E-state index is 4.13. The van der Waals surface area contributed by atoms with Gasteiger partial charge < -0.3 is 4.57 Å². The van der Waals surface area contributed by atoms with Crippen LogP contribution in [-0.2, 0) is 13.6 Å². The van der Waals surface area contributed by atoms with E-state index in [0.29, 0.717) is 6.54 Å². The molecule has 1 N–H and O–H groups in total. The van der Waals surface area contributed by atoms with Crippen LogP contribution >= 0.6 is 0 Å².